The molecule has 114 valence electrons. The minimum Gasteiger partial charge on any atom is -0.479 e. The molecule has 0 aromatic carbocycles. The first-order valence-electron chi connectivity index (χ1n) is 5.84. The molecule has 1 aromatic rings. The van der Waals surface area contributed by atoms with E-state index >= 15 is 0 Å². The minimum absolute atomic E-state index is 0.0636. The second-order valence-electron chi connectivity index (χ2n) is 4.03. The first-order valence-corrected chi connectivity index (χ1v) is 5.84. The van der Waals surface area contributed by atoms with Crippen molar-refractivity contribution in [1.29, 1.82) is 0 Å². The molecule has 0 spiro atoms. The number of aliphatic carboxylic acids is 2. The molecular weight excluding hydrogens is 270 g/mol. The summed E-state index contributed by atoms with van der Waals surface area (Å²) in [5.74, 6) is -1.72. The lowest BCUT2D eigenvalue weighted by atomic mass is 10.2. The zero-order valence-electron chi connectivity index (χ0n) is 11.2. The molecule has 1 heterocycles. The molecule has 0 unspecified atom stereocenters. The highest BCUT2D eigenvalue weighted by Gasteiger charge is 2.29. The number of carbonyl (C=O) groups is 2. The number of aliphatic hydroxyl groups excluding tert-OH is 2. The van der Waals surface area contributed by atoms with Crippen molar-refractivity contribution in [3.05, 3.63) is 23.7 Å². The zero-order valence-corrected chi connectivity index (χ0v) is 11.2. The van der Waals surface area contributed by atoms with E-state index in [0.717, 1.165) is 17.9 Å². The van der Waals surface area contributed by atoms with Crippen molar-refractivity contribution >= 4 is 11.9 Å². The van der Waals surface area contributed by atoms with E-state index in [1.807, 2.05) is 26.0 Å². The fraction of sp³-hybridized carbons (Fsp3) is 0.500. The quantitative estimate of drug-likeness (QED) is 0.502. The van der Waals surface area contributed by atoms with Crippen molar-refractivity contribution in [1.82, 2.24) is 0 Å². The van der Waals surface area contributed by atoms with Crippen molar-refractivity contribution in [2.75, 3.05) is 0 Å². The van der Waals surface area contributed by atoms with E-state index in [1.165, 1.54) is 0 Å². The smallest absolute Gasteiger partial charge is 0.335 e. The van der Waals surface area contributed by atoms with Gasteiger partial charge in [-0.1, -0.05) is 6.92 Å². The third-order valence-electron chi connectivity index (χ3n) is 2.37. The van der Waals surface area contributed by atoms with Crippen LogP contribution in [0.15, 0.2) is 16.5 Å². The van der Waals surface area contributed by atoms with Crippen LogP contribution in [0.25, 0.3) is 0 Å². The highest BCUT2D eigenvalue weighted by Crippen LogP contribution is 2.15. The summed E-state index contributed by atoms with van der Waals surface area (Å²) in [6.45, 7) is 3.97. The van der Waals surface area contributed by atoms with Crippen molar-refractivity contribution in [3.8, 4) is 0 Å². The third kappa shape index (κ3) is 5.83. The Kier molecular flexibility index (Phi) is 7.52. The Morgan fingerprint density at radius 2 is 1.65 bits per heavy atom. The fourth-order valence-corrected chi connectivity index (χ4v) is 1.12. The first kappa shape index (κ1) is 18.1. The predicted octanol–water partition coefficient (Wildman–Crippen LogP) is -0.125. The molecule has 0 bridgehead atoms. The molecule has 0 saturated heterocycles. The van der Waals surface area contributed by atoms with Gasteiger partial charge in [0.1, 0.15) is 11.5 Å². The van der Waals surface area contributed by atoms with E-state index in [1.54, 1.807) is 0 Å². The molecule has 1 aromatic heterocycles. The summed E-state index contributed by atoms with van der Waals surface area (Å²) < 4.78 is 5.31. The molecule has 0 aliphatic heterocycles. The molecule has 0 amide bonds. The molecule has 1 rings (SSSR count). The van der Waals surface area contributed by atoms with E-state index in [-0.39, 0.29) is 6.04 Å². The molecule has 0 aliphatic rings. The van der Waals surface area contributed by atoms with Crippen LogP contribution in [0.4, 0.5) is 0 Å². The second-order valence-corrected chi connectivity index (χ2v) is 4.03. The average molecular weight is 289 g/mol. The van der Waals surface area contributed by atoms with E-state index in [2.05, 4.69) is 0 Å². The number of hydrogen-bond acceptors (Lipinski definition) is 6. The standard InChI is InChI=1S/C8H13NO.C4H6O6/c1-3-7(9)8-5-4-6(2)10-8;5-1(3(7)8)2(6)4(9)10/h4-5,7H,3,9H2,1-2H3;1-2,5-6H,(H,7,8)(H,9,10)/t7-;1-,2-/m10/s1. The van der Waals surface area contributed by atoms with Gasteiger partial charge in [-0.3, -0.25) is 0 Å². The topological polar surface area (TPSA) is 154 Å². The maximum atomic E-state index is 9.77. The summed E-state index contributed by atoms with van der Waals surface area (Å²) in [6.07, 6.45) is -3.61. The Balaban J connectivity index is 0.000000361. The lowest BCUT2D eigenvalue weighted by Gasteiger charge is -2.07. The number of rotatable bonds is 5. The number of furan rings is 1. The highest BCUT2D eigenvalue weighted by atomic mass is 16.4. The van der Waals surface area contributed by atoms with Gasteiger partial charge in [-0.15, -0.1) is 0 Å². The summed E-state index contributed by atoms with van der Waals surface area (Å²) in [4.78, 5) is 19.5. The van der Waals surface area contributed by atoms with Gasteiger partial charge in [0.2, 0.25) is 0 Å². The van der Waals surface area contributed by atoms with Crippen molar-refractivity contribution < 1.29 is 34.4 Å². The van der Waals surface area contributed by atoms with Gasteiger partial charge in [-0.2, -0.15) is 0 Å². The van der Waals surface area contributed by atoms with Crippen LogP contribution < -0.4 is 5.73 Å². The van der Waals surface area contributed by atoms with Gasteiger partial charge < -0.3 is 30.6 Å². The van der Waals surface area contributed by atoms with Gasteiger partial charge in [0, 0.05) is 0 Å². The second kappa shape index (κ2) is 8.31. The van der Waals surface area contributed by atoms with Crippen LogP contribution in [0, 0.1) is 6.92 Å². The van der Waals surface area contributed by atoms with Gasteiger partial charge in [-0.05, 0) is 25.5 Å². The SMILES string of the molecule is CC[C@@H](N)c1ccc(C)o1.O=C(O)[C@@H](O)[C@H](O)C(=O)O. The van der Waals surface area contributed by atoms with Gasteiger partial charge in [0.15, 0.2) is 12.2 Å². The first-order chi connectivity index (χ1) is 9.20. The van der Waals surface area contributed by atoms with Crippen LogP contribution in [-0.4, -0.2) is 44.6 Å². The van der Waals surface area contributed by atoms with Gasteiger partial charge in [-0.25, -0.2) is 9.59 Å². The number of aliphatic hydroxyl groups is 2. The summed E-state index contributed by atoms with van der Waals surface area (Å²) in [5, 5.41) is 32.5. The van der Waals surface area contributed by atoms with E-state index < -0.39 is 24.1 Å². The number of aryl methyl sites for hydroxylation is 1. The van der Waals surface area contributed by atoms with Crippen LogP contribution in [0.5, 0.6) is 0 Å². The monoisotopic (exact) mass is 289 g/mol. The van der Waals surface area contributed by atoms with Crippen LogP contribution in [0.1, 0.15) is 30.9 Å². The average Bonchev–Trinajstić information content (AvgIpc) is 2.83. The Morgan fingerprint density at radius 3 is 1.90 bits per heavy atom. The number of carboxylic acids is 2. The fourth-order valence-electron chi connectivity index (χ4n) is 1.12. The summed E-state index contributed by atoms with van der Waals surface area (Å²) in [7, 11) is 0. The Morgan fingerprint density at radius 1 is 1.20 bits per heavy atom. The summed E-state index contributed by atoms with van der Waals surface area (Å²) in [5.41, 5.74) is 5.71. The predicted molar refractivity (Wildman–Crippen MR) is 67.9 cm³/mol. The Hall–Kier alpha value is -1.90. The van der Waals surface area contributed by atoms with Crippen LogP contribution >= 0.6 is 0 Å². The van der Waals surface area contributed by atoms with E-state index in [9.17, 15) is 9.59 Å². The maximum Gasteiger partial charge on any atom is 0.335 e. The van der Waals surface area contributed by atoms with Crippen LogP contribution in [0.2, 0.25) is 0 Å². The lowest BCUT2D eigenvalue weighted by Crippen LogP contribution is -2.39. The summed E-state index contributed by atoms with van der Waals surface area (Å²) >= 11 is 0. The molecule has 20 heavy (non-hydrogen) atoms. The molecular formula is C12H19NO7. The van der Waals surface area contributed by atoms with Gasteiger partial charge in [0.25, 0.3) is 0 Å². The molecule has 0 radical (unpaired) electrons. The molecule has 6 N–H and O–H groups in total. The van der Waals surface area contributed by atoms with Crippen LogP contribution in [0.3, 0.4) is 0 Å². The van der Waals surface area contributed by atoms with E-state index in [4.69, 9.17) is 30.6 Å². The number of hydrogen-bond donors (Lipinski definition) is 5. The number of nitrogens with two attached hydrogens (primary N) is 1. The molecule has 0 aliphatic carbocycles. The summed E-state index contributed by atoms with van der Waals surface area (Å²) in [6, 6.07) is 3.93. The lowest BCUT2D eigenvalue weighted by molar-refractivity contribution is -0.165. The maximum absolute atomic E-state index is 9.77. The van der Waals surface area contributed by atoms with Crippen molar-refractivity contribution in [2.45, 2.75) is 38.5 Å². The minimum atomic E-state index is -2.27. The van der Waals surface area contributed by atoms with Crippen molar-refractivity contribution in [3.63, 3.8) is 0 Å². The Labute approximate surface area is 115 Å². The molecule has 8 heteroatoms. The van der Waals surface area contributed by atoms with Crippen molar-refractivity contribution in [2.24, 2.45) is 5.73 Å². The van der Waals surface area contributed by atoms with Gasteiger partial charge in [0.05, 0.1) is 6.04 Å². The Bertz CT molecular complexity index is 425. The largest absolute Gasteiger partial charge is 0.479 e. The highest BCUT2D eigenvalue weighted by molar-refractivity contribution is 5.83. The third-order valence-corrected chi connectivity index (χ3v) is 2.37. The molecule has 8 nitrogen and oxygen atoms in total. The van der Waals surface area contributed by atoms with Crippen LogP contribution in [-0.2, 0) is 9.59 Å². The molecule has 3 atom stereocenters. The zero-order chi connectivity index (χ0) is 15.9. The van der Waals surface area contributed by atoms with E-state index in [0.29, 0.717) is 0 Å². The number of carboxylic acid groups (broad SMARTS) is 2. The molecule has 0 saturated carbocycles. The van der Waals surface area contributed by atoms with Gasteiger partial charge >= 0.3 is 11.9 Å². The molecule has 0 fully saturated rings. The normalized spacial score (nSPS) is 14.7.